The van der Waals surface area contributed by atoms with E-state index in [9.17, 15) is 4.79 Å². The van der Waals surface area contributed by atoms with Gasteiger partial charge in [-0.3, -0.25) is 4.79 Å². The number of hydrogen-bond acceptors (Lipinski definition) is 2. The minimum absolute atomic E-state index is 0.146. The van der Waals surface area contributed by atoms with Gasteiger partial charge in [0.15, 0.2) is 5.43 Å². The summed E-state index contributed by atoms with van der Waals surface area (Å²) in [7, 11) is 0. The van der Waals surface area contributed by atoms with Crippen LogP contribution in [0, 0.1) is 0 Å². The summed E-state index contributed by atoms with van der Waals surface area (Å²) in [6, 6.07) is 17.6. The van der Waals surface area contributed by atoms with Gasteiger partial charge in [0.2, 0.25) is 0 Å². The first kappa shape index (κ1) is 13.3. The predicted octanol–water partition coefficient (Wildman–Crippen LogP) is 5.12. The maximum atomic E-state index is 13.0. The van der Waals surface area contributed by atoms with Gasteiger partial charge < -0.3 is 4.42 Å². The number of para-hydroxylation sites is 1. The first-order valence-corrected chi connectivity index (χ1v) is 7.96. The van der Waals surface area contributed by atoms with Gasteiger partial charge in [-0.25, -0.2) is 0 Å². The van der Waals surface area contributed by atoms with Crippen LogP contribution in [0.4, 0.5) is 0 Å². The lowest BCUT2D eigenvalue weighted by molar-refractivity contribution is 0.591. The van der Waals surface area contributed by atoms with E-state index in [1.165, 1.54) is 12.8 Å². The van der Waals surface area contributed by atoms with Crippen molar-refractivity contribution in [3.63, 3.8) is 0 Å². The molecule has 110 valence electrons. The molecule has 3 aromatic rings. The standard InChI is InChI=1S/C20H18O2/c21-19-16-12-6-7-13-17(16)22-20(15-10-2-1-3-11-15)18(19)14-8-4-5-9-14/h1-3,6-7,10-14H,4-5,8-9H2. The zero-order chi connectivity index (χ0) is 14.9. The van der Waals surface area contributed by atoms with E-state index in [4.69, 9.17) is 4.42 Å². The molecule has 0 spiro atoms. The lowest BCUT2D eigenvalue weighted by Crippen LogP contribution is -2.14. The maximum Gasteiger partial charge on any atom is 0.196 e. The van der Waals surface area contributed by atoms with Crippen LogP contribution in [0.15, 0.2) is 63.8 Å². The summed E-state index contributed by atoms with van der Waals surface area (Å²) in [6.07, 6.45) is 4.57. The van der Waals surface area contributed by atoms with Gasteiger partial charge in [-0.2, -0.15) is 0 Å². The fourth-order valence-corrected chi connectivity index (χ4v) is 3.55. The summed E-state index contributed by atoms with van der Waals surface area (Å²) in [6.45, 7) is 0. The summed E-state index contributed by atoms with van der Waals surface area (Å²) >= 11 is 0. The summed E-state index contributed by atoms with van der Waals surface area (Å²) in [5, 5.41) is 0.698. The molecule has 0 amide bonds. The van der Waals surface area contributed by atoms with Gasteiger partial charge >= 0.3 is 0 Å². The van der Waals surface area contributed by atoms with Crippen LogP contribution in [0.5, 0.6) is 0 Å². The fraction of sp³-hybridized carbons (Fsp3) is 0.250. The van der Waals surface area contributed by atoms with Crippen LogP contribution in [0.1, 0.15) is 37.2 Å². The van der Waals surface area contributed by atoms with E-state index >= 15 is 0 Å². The summed E-state index contributed by atoms with van der Waals surface area (Å²) in [4.78, 5) is 13.0. The molecule has 2 nitrogen and oxygen atoms in total. The van der Waals surface area contributed by atoms with E-state index in [2.05, 4.69) is 0 Å². The Kier molecular flexibility index (Phi) is 3.30. The Balaban J connectivity index is 2.04. The lowest BCUT2D eigenvalue weighted by atomic mass is 9.92. The Bertz CT molecular complexity index is 856. The minimum Gasteiger partial charge on any atom is -0.456 e. The molecule has 1 aliphatic rings. The highest BCUT2D eigenvalue weighted by Gasteiger charge is 2.26. The molecule has 2 aromatic carbocycles. The monoisotopic (exact) mass is 290 g/mol. The topological polar surface area (TPSA) is 30.2 Å². The van der Waals surface area contributed by atoms with Crippen LogP contribution in [0.2, 0.25) is 0 Å². The third-order valence-corrected chi connectivity index (χ3v) is 4.63. The van der Waals surface area contributed by atoms with Crippen molar-refractivity contribution in [2.45, 2.75) is 31.6 Å². The molecule has 22 heavy (non-hydrogen) atoms. The SMILES string of the molecule is O=c1c(C2CCCC2)c(-c2ccccc2)oc2ccccc12. The molecule has 1 saturated carbocycles. The Morgan fingerprint density at radius 3 is 2.32 bits per heavy atom. The van der Waals surface area contributed by atoms with E-state index in [0.717, 1.165) is 29.7 Å². The minimum atomic E-state index is 0.146. The first-order valence-electron chi connectivity index (χ1n) is 7.96. The highest BCUT2D eigenvalue weighted by atomic mass is 16.3. The molecule has 1 aromatic heterocycles. The molecule has 4 rings (SSSR count). The number of fused-ring (bicyclic) bond motifs is 1. The molecule has 1 heterocycles. The Morgan fingerprint density at radius 2 is 1.55 bits per heavy atom. The molecule has 2 heteroatoms. The van der Waals surface area contributed by atoms with Crippen molar-refractivity contribution in [3.8, 4) is 11.3 Å². The van der Waals surface area contributed by atoms with Crippen LogP contribution in [0.25, 0.3) is 22.3 Å². The molecule has 0 aliphatic heterocycles. The Morgan fingerprint density at radius 1 is 0.864 bits per heavy atom. The fourth-order valence-electron chi connectivity index (χ4n) is 3.55. The van der Waals surface area contributed by atoms with E-state index < -0.39 is 0 Å². The molecular formula is C20H18O2. The van der Waals surface area contributed by atoms with Crippen molar-refractivity contribution in [3.05, 3.63) is 70.4 Å². The van der Waals surface area contributed by atoms with Crippen molar-refractivity contribution < 1.29 is 4.42 Å². The van der Waals surface area contributed by atoms with Crippen LogP contribution in [0.3, 0.4) is 0 Å². The largest absolute Gasteiger partial charge is 0.456 e. The highest BCUT2D eigenvalue weighted by molar-refractivity contribution is 5.80. The van der Waals surface area contributed by atoms with Gasteiger partial charge in [-0.05, 0) is 30.9 Å². The quantitative estimate of drug-likeness (QED) is 0.656. The molecule has 0 unspecified atom stereocenters. The van der Waals surface area contributed by atoms with Crippen LogP contribution in [-0.4, -0.2) is 0 Å². The van der Waals surface area contributed by atoms with Crippen LogP contribution < -0.4 is 5.43 Å². The normalized spacial score (nSPS) is 15.5. The van der Waals surface area contributed by atoms with Gasteiger partial charge in [-0.1, -0.05) is 55.3 Å². The molecule has 0 bridgehead atoms. The van der Waals surface area contributed by atoms with Crippen molar-refractivity contribution in [2.24, 2.45) is 0 Å². The van der Waals surface area contributed by atoms with Gasteiger partial charge in [0.25, 0.3) is 0 Å². The Labute approximate surface area is 129 Å². The second-order valence-electron chi connectivity index (χ2n) is 6.02. The predicted molar refractivity (Wildman–Crippen MR) is 89.1 cm³/mol. The van der Waals surface area contributed by atoms with Gasteiger partial charge in [0.1, 0.15) is 11.3 Å². The van der Waals surface area contributed by atoms with Gasteiger partial charge in [0, 0.05) is 11.1 Å². The van der Waals surface area contributed by atoms with Crippen LogP contribution >= 0.6 is 0 Å². The number of benzene rings is 2. The van der Waals surface area contributed by atoms with Crippen molar-refractivity contribution >= 4 is 11.0 Å². The average Bonchev–Trinajstić information content (AvgIpc) is 3.10. The molecule has 0 N–H and O–H groups in total. The second-order valence-corrected chi connectivity index (χ2v) is 6.02. The van der Waals surface area contributed by atoms with E-state index in [1.54, 1.807) is 0 Å². The molecule has 0 saturated heterocycles. The van der Waals surface area contributed by atoms with E-state index in [-0.39, 0.29) is 5.43 Å². The molecular weight excluding hydrogens is 272 g/mol. The summed E-state index contributed by atoms with van der Waals surface area (Å²) < 4.78 is 6.17. The molecule has 0 radical (unpaired) electrons. The summed E-state index contributed by atoms with van der Waals surface area (Å²) in [5.74, 6) is 1.09. The lowest BCUT2D eigenvalue weighted by Gasteiger charge is -2.15. The number of hydrogen-bond donors (Lipinski definition) is 0. The second kappa shape index (κ2) is 5.45. The molecule has 0 atom stereocenters. The zero-order valence-electron chi connectivity index (χ0n) is 12.4. The van der Waals surface area contributed by atoms with Crippen LogP contribution in [-0.2, 0) is 0 Å². The van der Waals surface area contributed by atoms with Gasteiger partial charge in [-0.15, -0.1) is 0 Å². The average molecular weight is 290 g/mol. The first-order chi connectivity index (χ1) is 10.8. The smallest absolute Gasteiger partial charge is 0.196 e. The van der Waals surface area contributed by atoms with Crippen molar-refractivity contribution in [1.29, 1.82) is 0 Å². The van der Waals surface area contributed by atoms with Gasteiger partial charge in [0.05, 0.1) is 5.39 Å². The van der Waals surface area contributed by atoms with E-state index in [0.29, 0.717) is 16.9 Å². The summed E-state index contributed by atoms with van der Waals surface area (Å²) in [5.41, 5.74) is 2.69. The zero-order valence-corrected chi connectivity index (χ0v) is 12.4. The third-order valence-electron chi connectivity index (χ3n) is 4.63. The maximum absolute atomic E-state index is 13.0. The molecule has 1 fully saturated rings. The highest BCUT2D eigenvalue weighted by Crippen LogP contribution is 2.38. The Hall–Kier alpha value is -2.35. The molecule has 1 aliphatic carbocycles. The van der Waals surface area contributed by atoms with Crippen molar-refractivity contribution in [1.82, 2.24) is 0 Å². The number of rotatable bonds is 2. The third kappa shape index (κ3) is 2.16. The van der Waals surface area contributed by atoms with Crippen molar-refractivity contribution in [2.75, 3.05) is 0 Å². The van der Waals surface area contributed by atoms with E-state index in [1.807, 2.05) is 54.6 Å².